The molecule has 0 saturated heterocycles. The van der Waals surface area contributed by atoms with Gasteiger partial charge in [-0.3, -0.25) is 14.4 Å². The van der Waals surface area contributed by atoms with Gasteiger partial charge in [-0.25, -0.2) is 18.7 Å². The van der Waals surface area contributed by atoms with Crippen molar-refractivity contribution in [3.63, 3.8) is 0 Å². The summed E-state index contributed by atoms with van der Waals surface area (Å²) >= 11 is 0. The van der Waals surface area contributed by atoms with E-state index in [4.69, 9.17) is 9.47 Å². The summed E-state index contributed by atoms with van der Waals surface area (Å²) < 4.78 is 26.2. The molecule has 2 aromatic heterocycles. The maximum absolute atomic E-state index is 14.6. The smallest absolute Gasteiger partial charge is 0.338 e. The molecule has 0 saturated carbocycles. The largest absolute Gasteiger partial charge is 0.482 e. The van der Waals surface area contributed by atoms with Crippen LogP contribution >= 0.6 is 0 Å². The summed E-state index contributed by atoms with van der Waals surface area (Å²) in [6.45, 7) is 5.50. The molecule has 4 aromatic rings. The van der Waals surface area contributed by atoms with E-state index in [0.29, 0.717) is 35.4 Å². The molecule has 1 atom stereocenters. The summed E-state index contributed by atoms with van der Waals surface area (Å²) in [5.41, 5.74) is 3.66. The average Bonchev–Trinajstić information content (AvgIpc) is 3.61. The highest BCUT2D eigenvalue weighted by atomic mass is 19.1. The van der Waals surface area contributed by atoms with E-state index in [1.165, 1.54) is 12.1 Å². The molecule has 1 aliphatic heterocycles. The number of anilines is 1. The second kappa shape index (κ2) is 11.6. The molecule has 0 radical (unpaired) electrons. The van der Waals surface area contributed by atoms with Crippen LogP contribution in [0.5, 0.6) is 5.75 Å². The highest BCUT2D eigenvalue weighted by Crippen LogP contribution is 2.35. The van der Waals surface area contributed by atoms with E-state index in [9.17, 15) is 23.6 Å². The van der Waals surface area contributed by atoms with Gasteiger partial charge in [-0.2, -0.15) is 5.10 Å². The van der Waals surface area contributed by atoms with Crippen LogP contribution in [0.4, 0.5) is 10.1 Å². The minimum Gasteiger partial charge on any atom is -0.482 e. The molecule has 2 aliphatic rings. The van der Waals surface area contributed by atoms with Gasteiger partial charge in [0.25, 0.3) is 17.7 Å². The van der Waals surface area contributed by atoms with Gasteiger partial charge < -0.3 is 25.4 Å². The van der Waals surface area contributed by atoms with Crippen molar-refractivity contribution in [3.8, 4) is 5.75 Å². The molecule has 224 valence electrons. The number of amides is 3. The summed E-state index contributed by atoms with van der Waals surface area (Å²) in [6, 6.07) is 9.42. The van der Waals surface area contributed by atoms with Crippen molar-refractivity contribution in [3.05, 3.63) is 100 Å². The molecule has 6 rings (SSSR count). The Morgan fingerprint density at radius 3 is 2.89 bits per heavy atom. The number of rotatable bonds is 8. The molecule has 0 fully saturated rings. The van der Waals surface area contributed by atoms with Crippen LogP contribution in [0.15, 0.2) is 55.3 Å². The standard InChI is InChI=1S/C31H27FN6O6/c1-3-10-43-31(42)19-5-6-20-18(16(19)2)7-8-22(20)37-30(41)25-12-24(36-28-21(32)14-34-38(25)28)29(40)33-13-17-4-9-26-23(11-17)35-27(39)15-44-26/h3-6,9,11-12,14,22H,1,7-8,10,13,15H2,2H3,(H,33,40)(H,35,39)(H,37,41)/t22-/m0/s1. The number of ether oxygens (including phenoxy) is 2. The monoisotopic (exact) mass is 598 g/mol. The average molecular weight is 599 g/mol. The number of halogens is 1. The predicted octanol–water partition coefficient (Wildman–Crippen LogP) is 3.20. The van der Waals surface area contributed by atoms with Gasteiger partial charge in [-0.05, 0) is 60.2 Å². The summed E-state index contributed by atoms with van der Waals surface area (Å²) in [5.74, 6) is -2.23. The van der Waals surface area contributed by atoms with Crippen LogP contribution in [0, 0.1) is 12.7 Å². The van der Waals surface area contributed by atoms with Gasteiger partial charge >= 0.3 is 5.97 Å². The van der Waals surface area contributed by atoms with Crippen molar-refractivity contribution in [1.82, 2.24) is 25.2 Å². The Bertz CT molecular complexity index is 1870. The first-order valence-corrected chi connectivity index (χ1v) is 13.8. The molecule has 3 amide bonds. The first-order valence-electron chi connectivity index (χ1n) is 13.8. The van der Waals surface area contributed by atoms with Gasteiger partial charge in [0.15, 0.2) is 18.1 Å². The van der Waals surface area contributed by atoms with E-state index in [1.54, 1.807) is 30.3 Å². The highest BCUT2D eigenvalue weighted by Gasteiger charge is 2.29. The molecule has 44 heavy (non-hydrogen) atoms. The number of nitrogens with one attached hydrogen (secondary N) is 3. The Morgan fingerprint density at radius 1 is 1.23 bits per heavy atom. The fourth-order valence-corrected chi connectivity index (χ4v) is 5.42. The van der Waals surface area contributed by atoms with Crippen molar-refractivity contribution >= 4 is 35.0 Å². The van der Waals surface area contributed by atoms with Gasteiger partial charge in [-0.15, -0.1) is 0 Å². The number of carbonyl (C=O) groups is 4. The number of hydrogen-bond donors (Lipinski definition) is 3. The lowest BCUT2D eigenvalue weighted by molar-refractivity contribution is -0.118. The second-order valence-corrected chi connectivity index (χ2v) is 10.4. The van der Waals surface area contributed by atoms with E-state index >= 15 is 0 Å². The van der Waals surface area contributed by atoms with Crippen molar-refractivity contribution < 1.29 is 33.0 Å². The molecule has 3 N–H and O–H groups in total. The minimum atomic E-state index is -0.795. The summed E-state index contributed by atoms with van der Waals surface area (Å²) in [5, 5.41) is 12.3. The lowest BCUT2D eigenvalue weighted by Crippen LogP contribution is -2.31. The molecule has 0 unspecified atom stereocenters. The fraction of sp³-hybridized carbons (Fsp3) is 0.226. The van der Waals surface area contributed by atoms with Gasteiger partial charge in [-0.1, -0.05) is 24.8 Å². The van der Waals surface area contributed by atoms with Crippen LogP contribution < -0.4 is 20.7 Å². The number of nitrogens with zero attached hydrogens (tertiary/aromatic N) is 3. The van der Waals surface area contributed by atoms with E-state index in [1.807, 2.05) is 6.92 Å². The van der Waals surface area contributed by atoms with Gasteiger partial charge in [0.1, 0.15) is 23.7 Å². The molecule has 2 aromatic carbocycles. The normalized spacial score (nSPS) is 15.0. The van der Waals surface area contributed by atoms with Gasteiger partial charge in [0, 0.05) is 12.6 Å². The molecular formula is C31H27FN6O6. The van der Waals surface area contributed by atoms with E-state index < -0.39 is 23.6 Å². The summed E-state index contributed by atoms with van der Waals surface area (Å²) in [6.07, 6.45) is 3.62. The van der Waals surface area contributed by atoms with Crippen LogP contribution in [0.1, 0.15) is 66.1 Å². The van der Waals surface area contributed by atoms with Crippen LogP contribution in [-0.2, 0) is 22.5 Å². The SMILES string of the molecule is C=CCOC(=O)c1ccc2c(c1C)CC[C@@H]2NC(=O)c1cc(C(=O)NCc2ccc3c(c2)NC(=O)CO3)nc2c(F)cnn12. The first kappa shape index (κ1) is 28.5. The zero-order valence-electron chi connectivity index (χ0n) is 23.6. The molecule has 12 nitrogen and oxygen atoms in total. The third-order valence-electron chi connectivity index (χ3n) is 7.57. The lowest BCUT2D eigenvalue weighted by Gasteiger charge is -2.18. The number of esters is 1. The van der Waals surface area contributed by atoms with Crippen molar-refractivity contribution in [2.45, 2.75) is 32.4 Å². The number of fused-ring (bicyclic) bond motifs is 3. The maximum atomic E-state index is 14.6. The molecule has 0 spiro atoms. The number of aromatic nitrogens is 3. The molecule has 3 heterocycles. The summed E-state index contributed by atoms with van der Waals surface area (Å²) in [4.78, 5) is 54.8. The Labute approximate surface area is 250 Å². The van der Waals surface area contributed by atoms with Crippen molar-refractivity contribution in [1.29, 1.82) is 0 Å². The summed E-state index contributed by atoms with van der Waals surface area (Å²) in [7, 11) is 0. The van der Waals surface area contributed by atoms with E-state index in [2.05, 4.69) is 32.6 Å². The zero-order valence-corrected chi connectivity index (χ0v) is 23.6. The Hall–Kier alpha value is -5.59. The molecule has 1 aliphatic carbocycles. The Kier molecular flexibility index (Phi) is 7.51. The van der Waals surface area contributed by atoms with Gasteiger partial charge in [0.2, 0.25) is 0 Å². The molecule has 0 bridgehead atoms. The molecular weight excluding hydrogens is 571 g/mol. The first-order chi connectivity index (χ1) is 21.2. The van der Waals surface area contributed by atoms with Crippen LogP contribution in [0.2, 0.25) is 0 Å². The molecule has 13 heteroatoms. The minimum absolute atomic E-state index is 0.0689. The number of benzene rings is 2. The van der Waals surface area contributed by atoms with Crippen LogP contribution in [-0.4, -0.2) is 51.5 Å². The van der Waals surface area contributed by atoms with E-state index in [0.717, 1.165) is 27.4 Å². The van der Waals surface area contributed by atoms with Gasteiger partial charge in [0.05, 0.1) is 23.5 Å². The van der Waals surface area contributed by atoms with Crippen molar-refractivity contribution in [2.24, 2.45) is 0 Å². The predicted molar refractivity (Wildman–Crippen MR) is 155 cm³/mol. The quantitative estimate of drug-likeness (QED) is 0.207. The van der Waals surface area contributed by atoms with Crippen molar-refractivity contribution in [2.75, 3.05) is 18.5 Å². The maximum Gasteiger partial charge on any atom is 0.338 e. The second-order valence-electron chi connectivity index (χ2n) is 10.4. The third-order valence-corrected chi connectivity index (χ3v) is 7.57. The third kappa shape index (κ3) is 5.35. The lowest BCUT2D eigenvalue weighted by atomic mass is 9.98. The zero-order chi connectivity index (χ0) is 31.0. The topological polar surface area (TPSA) is 153 Å². The van der Waals surface area contributed by atoms with Crippen LogP contribution in [0.25, 0.3) is 5.65 Å². The number of carbonyl (C=O) groups excluding carboxylic acids is 4. The Balaban J connectivity index is 1.21. The highest BCUT2D eigenvalue weighted by molar-refractivity contribution is 5.99. The van der Waals surface area contributed by atoms with Crippen LogP contribution in [0.3, 0.4) is 0 Å². The number of hydrogen-bond acceptors (Lipinski definition) is 8. The Morgan fingerprint density at radius 2 is 2.07 bits per heavy atom. The fourth-order valence-electron chi connectivity index (χ4n) is 5.42. The van der Waals surface area contributed by atoms with E-state index in [-0.39, 0.29) is 48.7 Å².